The molecular formula is C16H20FNO5S. The predicted molar refractivity (Wildman–Crippen MR) is 85.8 cm³/mol. The molecule has 1 amide bonds. The largest absolute Gasteiger partial charge is 0.449 e. The summed E-state index contributed by atoms with van der Waals surface area (Å²) in [6.45, 7) is 2.98. The molecule has 0 bridgehead atoms. The van der Waals surface area contributed by atoms with Gasteiger partial charge in [-0.25, -0.2) is 17.6 Å². The average Bonchev–Trinajstić information content (AvgIpc) is 2.88. The molecule has 1 aromatic rings. The number of sulfone groups is 1. The van der Waals surface area contributed by atoms with Crippen LogP contribution in [0.4, 0.5) is 4.39 Å². The highest BCUT2D eigenvalue weighted by atomic mass is 32.2. The van der Waals surface area contributed by atoms with E-state index in [1.165, 1.54) is 31.0 Å². The SMILES string of the molecule is Cc1ccc(C(=O)O[C@@H](C)C(=O)N(C)[C@@H]2CCS(=O)(=O)C2)cc1F. The molecule has 24 heavy (non-hydrogen) atoms. The smallest absolute Gasteiger partial charge is 0.339 e. The molecule has 1 aliphatic rings. The third-order valence-corrected chi connectivity index (χ3v) is 5.89. The minimum atomic E-state index is -3.12. The predicted octanol–water partition coefficient (Wildman–Crippen LogP) is 1.32. The zero-order valence-corrected chi connectivity index (χ0v) is 14.6. The summed E-state index contributed by atoms with van der Waals surface area (Å²) in [6, 6.07) is 3.52. The van der Waals surface area contributed by atoms with Crippen LogP contribution in [0.3, 0.4) is 0 Å². The number of likely N-dealkylation sites (N-methyl/N-ethyl adjacent to an activating group) is 1. The number of hydrogen-bond donors (Lipinski definition) is 0. The van der Waals surface area contributed by atoms with Gasteiger partial charge in [-0.15, -0.1) is 0 Å². The Bertz CT molecular complexity index is 762. The third kappa shape index (κ3) is 4.11. The van der Waals surface area contributed by atoms with Crippen LogP contribution in [-0.2, 0) is 19.4 Å². The average molecular weight is 357 g/mol. The van der Waals surface area contributed by atoms with Crippen LogP contribution in [0.5, 0.6) is 0 Å². The van der Waals surface area contributed by atoms with Crippen molar-refractivity contribution in [2.45, 2.75) is 32.4 Å². The van der Waals surface area contributed by atoms with Gasteiger partial charge >= 0.3 is 5.97 Å². The van der Waals surface area contributed by atoms with Crippen LogP contribution in [0.25, 0.3) is 0 Å². The molecule has 6 nitrogen and oxygen atoms in total. The first kappa shape index (κ1) is 18.4. The molecule has 0 aliphatic carbocycles. The molecule has 0 saturated carbocycles. The first-order valence-corrected chi connectivity index (χ1v) is 9.37. The van der Waals surface area contributed by atoms with Crippen molar-refractivity contribution in [1.82, 2.24) is 4.90 Å². The molecule has 1 fully saturated rings. The highest BCUT2D eigenvalue weighted by molar-refractivity contribution is 7.91. The minimum absolute atomic E-state index is 0.0175. The van der Waals surface area contributed by atoms with E-state index in [0.29, 0.717) is 12.0 Å². The van der Waals surface area contributed by atoms with Crippen molar-refractivity contribution in [1.29, 1.82) is 0 Å². The summed E-state index contributed by atoms with van der Waals surface area (Å²) in [4.78, 5) is 25.6. The number of nitrogens with zero attached hydrogens (tertiary/aromatic N) is 1. The summed E-state index contributed by atoms with van der Waals surface area (Å²) in [6.07, 6.45) is -0.718. The molecule has 0 radical (unpaired) electrons. The summed E-state index contributed by atoms with van der Waals surface area (Å²) in [5.74, 6) is -1.86. The van der Waals surface area contributed by atoms with Crippen LogP contribution in [0.1, 0.15) is 29.3 Å². The summed E-state index contributed by atoms with van der Waals surface area (Å²) in [5.41, 5.74) is 0.418. The van der Waals surface area contributed by atoms with Gasteiger partial charge in [-0.2, -0.15) is 0 Å². The standard InChI is InChI=1S/C16H20FNO5S/c1-10-4-5-12(8-14(10)17)16(20)23-11(2)15(19)18(3)13-6-7-24(21,22)9-13/h4-5,8,11,13H,6-7,9H2,1-3H3/t11-,13+/m0/s1. The second-order valence-corrected chi connectivity index (χ2v) is 8.25. The Morgan fingerprint density at radius 3 is 2.58 bits per heavy atom. The van der Waals surface area contributed by atoms with E-state index in [1.807, 2.05) is 0 Å². The second-order valence-electron chi connectivity index (χ2n) is 6.02. The van der Waals surface area contributed by atoms with Crippen molar-refractivity contribution in [3.8, 4) is 0 Å². The van der Waals surface area contributed by atoms with E-state index in [0.717, 1.165) is 6.07 Å². The lowest BCUT2D eigenvalue weighted by Crippen LogP contribution is -2.44. The third-order valence-electron chi connectivity index (χ3n) is 4.14. The zero-order valence-electron chi connectivity index (χ0n) is 13.8. The lowest BCUT2D eigenvalue weighted by molar-refractivity contribution is -0.140. The number of hydrogen-bond acceptors (Lipinski definition) is 5. The van der Waals surface area contributed by atoms with Gasteiger partial charge in [0, 0.05) is 13.1 Å². The quantitative estimate of drug-likeness (QED) is 0.760. The molecule has 1 saturated heterocycles. The fraction of sp³-hybridized carbons (Fsp3) is 0.500. The summed E-state index contributed by atoms with van der Waals surface area (Å²) >= 11 is 0. The number of rotatable bonds is 4. The highest BCUT2D eigenvalue weighted by Crippen LogP contribution is 2.18. The van der Waals surface area contributed by atoms with Gasteiger partial charge in [-0.3, -0.25) is 4.79 Å². The number of halogens is 1. The molecule has 1 aliphatic heterocycles. The van der Waals surface area contributed by atoms with Crippen LogP contribution in [0.15, 0.2) is 18.2 Å². The second kappa shape index (κ2) is 6.88. The molecule has 2 rings (SSSR count). The number of aryl methyl sites for hydroxylation is 1. The molecule has 0 N–H and O–H groups in total. The molecule has 0 aromatic heterocycles. The van der Waals surface area contributed by atoms with Crippen LogP contribution in [0, 0.1) is 12.7 Å². The number of amides is 1. The normalized spacial score (nSPS) is 20.4. The van der Waals surface area contributed by atoms with Crippen molar-refractivity contribution in [2.24, 2.45) is 0 Å². The number of esters is 1. The molecule has 1 heterocycles. The van der Waals surface area contributed by atoms with Crippen molar-refractivity contribution < 1.29 is 27.1 Å². The van der Waals surface area contributed by atoms with Crippen LogP contribution in [0.2, 0.25) is 0 Å². The molecule has 8 heteroatoms. The van der Waals surface area contributed by atoms with E-state index in [1.54, 1.807) is 6.92 Å². The molecule has 0 spiro atoms. The molecule has 132 valence electrons. The number of benzene rings is 1. The Balaban J connectivity index is 2.00. The fourth-order valence-electron chi connectivity index (χ4n) is 2.55. The lowest BCUT2D eigenvalue weighted by Gasteiger charge is -2.26. The van der Waals surface area contributed by atoms with Crippen molar-refractivity contribution in [3.63, 3.8) is 0 Å². The van der Waals surface area contributed by atoms with Gasteiger partial charge in [-0.1, -0.05) is 6.07 Å². The maximum atomic E-state index is 13.5. The first-order chi connectivity index (χ1) is 11.1. The van der Waals surface area contributed by atoms with Gasteiger partial charge in [0.1, 0.15) is 5.82 Å². The van der Waals surface area contributed by atoms with Crippen LogP contribution >= 0.6 is 0 Å². The van der Waals surface area contributed by atoms with Crippen molar-refractivity contribution in [2.75, 3.05) is 18.6 Å². The number of carbonyl (C=O) groups is 2. The summed E-state index contributed by atoms with van der Waals surface area (Å²) in [7, 11) is -1.63. The van der Waals surface area contributed by atoms with Gasteiger partial charge in [0.25, 0.3) is 5.91 Å². The Hall–Kier alpha value is -1.96. The van der Waals surface area contributed by atoms with Gasteiger partial charge < -0.3 is 9.64 Å². The molecule has 2 atom stereocenters. The zero-order chi connectivity index (χ0) is 18.1. The maximum absolute atomic E-state index is 13.5. The number of ether oxygens (including phenoxy) is 1. The van der Waals surface area contributed by atoms with E-state index in [2.05, 4.69) is 0 Å². The van der Waals surface area contributed by atoms with E-state index in [9.17, 15) is 22.4 Å². The monoisotopic (exact) mass is 357 g/mol. The Labute approximate surface area is 140 Å². The fourth-order valence-corrected chi connectivity index (χ4v) is 4.32. The van der Waals surface area contributed by atoms with E-state index >= 15 is 0 Å². The van der Waals surface area contributed by atoms with Crippen molar-refractivity contribution >= 4 is 21.7 Å². The minimum Gasteiger partial charge on any atom is -0.449 e. The molecule has 1 aromatic carbocycles. The number of carbonyl (C=O) groups excluding carboxylic acids is 2. The lowest BCUT2D eigenvalue weighted by atomic mass is 10.1. The van der Waals surface area contributed by atoms with E-state index < -0.39 is 39.7 Å². The Morgan fingerprint density at radius 1 is 1.38 bits per heavy atom. The molecular weight excluding hydrogens is 337 g/mol. The van der Waals surface area contributed by atoms with Crippen LogP contribution < -0.4 is 0 Å². The first-order valence-electron chi connectivity index (χ1n) is 7.55. The van der Waals surface area contributed by atoms with Crippen LogP contribution in [-0.4, -0.2) is 55.9 Å². The Morgan fingerprint density at radius 2 is 2.04 bits per heavy atom. The van der Waals surface area contributed by atoms with Gasteiger partial charge in [-0.05, 0) is 38.0 Å². The van der Waals surface area contributed by atoms with Gasteiger partial charge in [0.15, 0.2) is 15.9 Å². The maximum Gasteiger partial charge on any atom is 0.339 e. The highest BCUT2D eigenvalue weighted by Gasteiger charge is 2.35. The van der Waals surface area contributed by atoms with Gasteiger partial charge in [0.05, 0.1) is 17.1 Å². The van der Waals surface area contributed by atoms with Crippen molar-refractivity contribution in [3.05, 3.63) is 35.1 Å². The topological polar surface area (TPSA) is 80.8 Å². The van der Waals surface area contributed by atoms with E-state index in [-0.39, 0.29) is 17.1 Å². The summed E-state index contributed by atoms with van der Waals surface area (Å²) in [5, 5.41) is 0. The molecule has 0 unspecified atom stereocenters. The Kier molecular flexibility index (Phi) is 5.27. The van der Waals surface area contributed by atoms with E-state index in [4.69, 9.17) is 4.74 Å². The summed E-state index contributed by atoms with van der Waals surface area (Å²) < 4.78 is 41.6. The van der Waals surface area contributed by atoms with Gasteiger partial charge in [0.2, 0.25) is 0 Å².